The summed E-state index contributed by atoms with van der Waals surface area (Å²) in [7, 11) is 0. The molecule has 1 heterocycles. The second kappa shape index (κ2) is 10.3. The van der Waals surface area contributed by atoms with Gasteiger partial charge in [-0.2, -0.15) is 0 Å². The quantitative estimate of drug-likeness (QED) is 0.161. The number of nitrogens with zero attached hydrogens (tertiary/aromatic N) is 2. The van der Waals surface area contributed by atoms with E-state index in [0.717, 1.165) is 16.7 Å². The number of aliphatic imine (C=N–C) groups is 1. The first-order valence-corrected chi connectivity index (χ1v) is 11.4. The van der Waals surface area contributed by atoms with E-state index in [2.05, 4.69) is 15.0 Å². The lowest BCUT2D eigenvalue weighted by molar-refractivity contribution is -0.121. The SMILES string of the molecule is CCN=C(Nc1cc(Cl)c(O)c(Cl)c1)S[C@H]1CC(=O)N(c2ccc(OC(F)(F)Cl)cc2)C1=O. The number of carbonyl (C=O) groups excluding carboxylic acids is 2. The van der Waals surface area contributed by atoms with Gasteiger partial charge in [-0.15, -0.1) is 8.78 Å². The minimum Gasteiger partial charge on any atom is -0.505 e. The van der Waals surface area contributed by atoms with Gasteiger partial charge in [0.05, 0.1) is 15.7 Å². The lowest BCUT2D eigenvalue weighted by atomic mass is 10.3. The Morgan fingerprint density at radius 1 is 1.27 bits per heavy atom. The van der Waals surface area contributed by atoms with Crippen LogP contribution in [0.15, 0.2) is 41.4 Å². The highest BCUT2D eigenvalue weighted by Crippen LogP contribution is 2.36. The number of phenols is 1. The molecule has 1 fully saturated rings. The maximum atomic E-state index is 12.9. The summed E-state index contributed by atoms with van der Waals surface area (Å²) in [6.45, 7) is 2.18. The van der Waals surface area contributed by atoms with Gasteiger partial charge in [0.1, 0.15) is 11.0 Å². The van der Waals surface area contributed by atoms with E-state index >= 15 is 0 Å². The Balaban J connectivity index is 1.74. The van der Waals surface area contributed by atoms with E-state index in [1.54, 1.807) is 6.92 Å². The summed E-state index contributed by atoms with van der Waals surface area (Å²) in [5.74, 6) is -1.44. The third-order valence-electron chi connectivity index (χ3n) is 4.26. The molecule has 1 saturated heterocycles. The van der Waals surface area contributed by atoms with Gasteiger partial charge in [0.25, 0.3) is 0 Å². The van der Waals surface area contributed by atoms with Crippen LogP contribution < -0.4 is 15.0 Å². The number of nitrogens with one attached hydrogen (secondary N) is 1. The summed E-state index contributed by atoms with van der Waals surface area (Å²) >= 11 is 17.7. The molecule has 176 valence electrons. The summed E-state index contributed by atoms with van der Waals surface area (Å²) in [5.41, 5.74) is -3.24. The summed E-state index contributed by atoms with van der Waals surface area (Å²) in [6, 6.07) is 7.85. The highest BCUT2D eigenvalue weighted by atomic mass is 35.5. The monoisotopic (exact) mass is 537 g/mol. The van der Waals surface area contributed by atoms with Crippen molar-refractivity contribution in [1.29, 1.82) is 0 Å². The molecular formula is C20H16Cl3F2N3O4S. The fraction of sp³-hybridized carbons (Fsp3) is 0.250. The van der Waals surface area contributed by atoms with Gasteiger partial charge in [-0.1, -0.05) is 35.0 Å². The third-order valence-corrected chi connectivity index (χ3v) is 6.02. The molecule has 1 aliphatic rings. The van der Waals surface area contributed by atoms with Gasteiger partial charge >= 0.3 is 5.57 Å². The van der Waals surface area contributed by atoms with Crippen molar-refractivity contribution in [2.75, 3.05) is 16.8 Å². The second-order valence-corrected chi connectivity index (χ2v) is 9.06. The number of imide groups is 1. The van der Waals surface area contributed by atoms with Crippen LogP contribution in [0.3, 0.4) is 0 Å². The predicted octanol–water partition coefficient (Wildman–Crippen LogP) is 5.72. The maximum Gasteiger partial charge on any atom is 0.487 e. The van der Waals surface area contributed by atoms with E-state index in [1.807, 2.05) is 0 Å². The van der Waals surface area contributed by atoms with Crippen molar-refractivity contribution < 1.29 is 28.2 Å². The van der Waals surface area contributed by atoms with Crippen LogP contribution in [-0.4, -0.2) is 39.5 Å². The zero-order chi connectivity index (χ0) is 24.3. The maximum absolute atomic E-state index is 12.9. The molecule has 0 saturated carbocycles. The molecule has 0 bridgehead atoms. The molecule has 2 amide bonds. The van der Waals surface area contributed by atoms with Gasteiger partial charge in [-0.25, -0.2) is 4.90 Å². The van der Waals surface area contributed by atoms with Crippen molar-refractivity contribution in [3.05, 3.63) is 46.4 Å². The number of thioether (sulfide) groups is 1. The molecule has 0 radical (unpaired) electrons. The van der Waals surface area contributed by atoms with E-state index in [4.69, 9.17) is 34.8 Å². The second-order valence-electron chi connectivity index (χ2n) is 6.61. The average Bonchev–Trinajstić information content (AvgIpc) is 2.99. The van der Waals surface area contributed by atoms with E-state index in [-0.39, 0.29) is 33.7 Å². The largest absolute Gasteiger partial charge is 0.505 e. The van der Waals surface area contributed by atoms with Crippen LogP contribution in [0.4, 0.5) is 20.2 Å². The van der Waals surface area contributed by atoms with Crippen LogP contribution in [0.1, 0.15) is 13.3 Å². The number of benzene rings is 2. The molecule has 33 heavy (non-hydrogen) atoms. The number of halogens is 5. The normalized spacial score (nSPS) is 17.0. The van der Waals surface area contributed by atoms with Gasteiger partial charge < -0.3 is 15.2 Å². The molecule has 2 N–H and O–H groups in total. The number of carbonyl (C=O) groups is 2. The van der Waals surface area contributed by atoms with Gasteiger partial charge in [0.15, 0.2) is 10.9 Å². The first kappa shape index (κ1) is 25.4. The molecule has 0 aliphatic carbocycles. The number of hydrogen-bond donors (Lipinski definition) is 2. The first-order chi connectivity index (χ1) is 15.5. The number of rotatable bonds is 6. The van der Waals surface area contributed by atoms with Gasteiger partial charge in [-0.05, 0) is 43.3 Å². The molecule has 3 rings (SSSR count). The molecule has 0 unspecified atom stereocenters. The summed E-state index contributed by atoms with van der Waals surface area (Å²) in [4.78, 5) is 30.7. The molecule has 2 aromatic rings. The van der Waals surface area contributed by atoms with E-state index in [9.17, 15) is 23.5 Å². The van der Waals surface area contributed by atoms with Crippen LogP contribution in [0.25, 0.3) is 0 Å². The van der Waals surface area contributed by atoms with Crippen LogP contribution >= 0.6 is 46.6 Å². The minimum absolute atomic E-state index is 0.0310. The Morgan fingerprint density at radius 3 is 2.42 bits per heavy atom. The lowest BCUT2D eigenvalue weighted by Gasteiger charge is -2.17. The number of amidine groups is 1. The highest BCUT2D eigenvalue weighted by Gasteiger charge is 2.41. The number of phenolic OH excluding ortho intramolecular Hbond substituents is 1. The number of anilines is 2. The van der Waals surface area contributed by atoms with Gasteiger partial charge in [0.2, 0.25) is 11.8 Å². The van der Waals surface area contributed by atoms with Crippen molar-refractivity contribution in [1.82, 2.24) is 0 Å². The highest BCUT2D eigenvalue weighted by molar-refractivity contribution is 8.15. The number of aromatic hydroxyl groups is 1. The summed E-state index contributed by atoms with van der Waals surface area (Å²) < 4.78 is 29.8. The van der Waals surface area contributed by atoms with Crippen molar-refractivity contribution in [2.24, 2.45) is 4.99 Å². The molecule has 1 aliphatic heterocycles. The third kappa shape index (κ3) is 6.41. The molecule has 1 atom stereocenters. The number of ether oxygens (including phenoxy) is 1. The topological polar surface area (TPSA) is 91.2 Å². The fourth-order valence-electron chi connectivity index (χ4n) is 2.91. The molecule has 7 nitrogen and oxygen atoms in total. The average molecular weight is 539 g/mol. The van der Waals surface area contributed by atoms with Crippen molar-refractivity contribution >= 4 is 74.9 Å². The summed E-state index contributed by atoms with van der Waals surface area (Å²) in [5, 5.41) is 12.3. The molecule has 0 spiro atoms. The Kier molecular flexibility index (Phi) is 7.94. The van der Waals surface area contributed by atoms with Crippen LogP contribution in [0.2, 0.25) is 10.0 Å². The van der Waals surface area contributed by atoms with Crippen molar-refractivity contribution in [3.63, 3.8) is 0 Å². The van der Waals surface area contributed by atoms with Crippen molar-refractivity contribution in [2.45, 2.75) is 24.2 Å². The molecule has 13 heteroatoms. The van der Waals surface area contributed by atoms with E-state index in [0.29, 0.717) is 17.4 Å². The zero-order valence-corrected chi connectivity index (χ0v) is 19.9. The predicted molar refractivity (Wildman–Crippen MR) is 126 cm³/mol. The molecule has 2 aromatic carbocycles. The van der Waals surface area contributed by atoms with Crippen molar-refractivity contribution in [3.8, 4) is 11.5 Å². The molecular weight excluding hydrogens is 523 g/mol. The Hall–Kier alpha value is -2.27. The summed E-state index contributed by atoms with van der Waals surface area (Å²) in [6.07, 6.45) is -0.0942. The van der Waals surface area contributed by atoms with Crippen LogP contribution in [-0.2, 0) is 9.59 Å². The van der Waals surface area contributed by atoms with Gasteiger partial charge in [-0.3, -0.25) is 14.6 Å². The zero-order valence-electron chi connectivity index (χ0n) is 16.8. The Labute approximate surface area is 206 Å². The number of alkyl halides is 3. The number of hydrogen-bond acceptors (Lipinski definition) is 6. The Morgan fingerprint density at radius 2 is 1.88 bits per heavy atom. The first-order valence-electron chi connectivity index (χ1n) is 9.37. The smallest absolute Gasteiger partial charge is 0.487 e. The molecule has 0 aromatic heterocycles. The van der Waals surface area contributed by atoms with Gasteiger partial charge in [0, 0.05) is 30.3 Å². The number of amides is 2. The standard InChI is InChI=1S/C20H16Cl3F2N3O4S/c1-2-26-19(27-10-7-13(21)17(30)14(22)8-10)33-15-9-16(29)28(18(15)31)11-3-5-12(6-4-11)32-20(23,24)25/h3-8,15,30H,2,9H2,1H3,(H,26,27)/t15-/m0/s1. The lowest BCUT2D eigenvalue weighted by Crippen LogP contribution is -2.31. The van der Waals surface area contributed by atoms with Crippen LogP contribution in [0.5, 0.6) is 11.5 Å². The fourth-order valence-corrected chi connectivity index (χ4v) is 4.57. The Bertz CT molecular complexity index is 1070. The van der Waals surface area contributed by atoms with E-state index in [1.165, 1.54) is 36.4 Å². The van der Waals surface area contributed by atoms with Crippen LogP contribution in [0, 0.1) is 0 Å². The minimum atomic E-state index is -3.88. The van der Waals surface area contributed by atoms with E-state index < -0.39 is 22.6 Å².